The molecule has 5 heteroatoms. The fourth-order valence-corrected chi connectivity index (χ4v) is 2.98. The van der Waals surface area contributed by atoms with Crippen molar-refractivity contribution in [3.63, 3.8) is 0 Å². The third-order valence-electron chi connectivity index (χ3n) is 4.60. The smallest absolute Gasteiger partial charge is 0.279 e. The number of ketones is 1. The molecule has 5 nitrogen and oxygen atoms in total. The Bertz CT molecular complexity index is 830. The van der Waals surface area contributed by atoms with Crippen LogP contribution in [0.1, 0.15) is 40.9 Å². The third-order valence-corrected chi connectivity index (χ3v) is 4.60. The molecule has 2 aromatic carbocycles. The second-order valence-electron chi connectivity index (χ2n) is 6.92. The number of quaternary nitrogens is 1. The summed E-state index contributed by atoms with van der Waals surface area (Å²) in [6.07, 6.45) is 0. The van der Waals surface area contributed by atoms with Crippen LogP contribution in [0.5, 0.6) is 5.75 Å². The number of anilines is 1. The number of carbonyl (C=O) groups is 2. The lowest BCUT2D eigenvalue weighted by atomic mass is 10.1. The largest absolute Gasteiger partial charge is 0.493 e. The average Bonchev–Trinajstić information content (AvgIpc) is 2.60. The monoisotopic (exact) mass is 369 g/mol. The Morgan fingerprint density at radius 3 is 2.56 bits per heavy atom. The standard InChI is InChI=1S/C22H28N2O3/c1-6-27-21-11-10-18(17(4)25)12-19(21)13-24(5)14-22(26)23-20-9-7-8-15(2)16(20)3/h7-12H,6,13-14H2,1-5H3,(H,23,26)/p+1. The van der Waals surface area contributed by atoms with Crippen molar-refractivity contribution in [2.24, 2.45) is 0 Å². The Balaban J connectivity index is 2.07. The zero-order valence-corrected chi connectivity index (χ0v) is 16.8. The van der Waals surface area contributed by atoms with Crippen molar-refractivity contribution in [2.45, 2.75) is 34.2 Å². The summed E-state index contributed by atoms with van der Waals surface area (Å²) in [5, 5.41) is 2.99. The van der Waals surface area contributed by atoms with Crippen molar-refractivity contribution in [2.75, 3.05) is 25.5 Å². The van der Waals surface area contributed by atoms with Gasteiger partial charge in [0.2, 0.25) is 0 Å². The summed E-state index contributed by atoms with van der Waals surface area (Å²) < 4.78 is 5.68. The van der Waals surface area contributed by atoms with Gasteiger partial charge in [-0.05, 0) is 63.1 Å². The van der Waals surface area contributed by atoms with E-state index in [1.165, 1.54) is 0 Å². The van der Waals surface area contributed by atoms with E-state index >= 15 is 0 Å². The first-order valence-electron chi connectivity index (χ1n) is 9.25. The van der Waals surface area contributed by atoms with Crippen LogP contribution in [0.3, 0.4) is 0 Å². The lowest BCUT2D eigenvalue weighted by Crippen LogP contribution is -3.08. The topological polar surface area (TPSA) is 59.8 Å². The SMILES string of the molecule is CCOc1ccc(C(C)=O)cc1C[NH+](C)CC(=O)Nc1cccc(C)c1C. The highest BCUT2D eigenvalue weighted by molar-refractivity contribution is 5.94. The van der Waals surface area contributed by atoms with E-state index in [1.54, 1.807) is 13.0 Å². The fraction of sp³-hybridized carbons (Fsp3) is 0.364. The average molecular weight is 369 g/mol. The quantitative estimate of drug-likeness (QED) is 0.703. The summed E-state index contributed by atoms with van der Waals surface area (Å²) in [4.78, 5) is 25.1. The predicted octanol–water partition coefficient (Wildman–Crippen LogP) is 2.56. The first-order valence-corrected chi connectivity index (χ1v) is 9.25. The number of rotatable bonds is 8. The number of aryl methyl sites for hydroxylation is 1. The number of carbonyl (C=O) groups excluding carboxylic acids is 2. The van der Waals surface area contributed by atoms with Crippen molar-refractivity contribution >= 4 is 17.4 Å². The summed E-state index contributed by atoms with van der Waals surface area (Å²) in [7, 11) is 1.96. The molecule has 2 N–H and O–H groups in total. The molecule has 1 atom stereocenters. The first kappa shape index (κ1) is 20.6. The highest BCUT2D eigenvalue weighted by Gasteiger charge is 2.16. The normalized spacial score (nSPS) is 11.7. The minimum atomic E-state index is -0.0399. The summed E-state index contributed by atoms with van der Waals surface area (Å²) in [5.41, 5.74) is 4.66. The van der Waals surface area contributed by atoms with Crippen LogP contribution in [-0.4, -0.2) is 31.9 Å². The van der Waals surface area contributed by atoms with Gasteiger partial charge in [-0.2, -0.15) is 0 Å². The van der Waals surface area contributed by atoms with Crippen molar-refractivity contribution in [1.29, 1.82) is 0 Å². The van der Waals surface area contributed by atoms with Crippen LogP contribution in [0, 0.1) is 13.8 Å². The molecule has 0 fully saturated rings. The van der Waals surface area contributed by atoms with E-state index in [0.717, 1.165) is 33.0 Å². The molecule has 1 unspecified atom stereocenters. The number of ether oxygens (including phenoxy) is 1. The number of nitrogens with one attached hydrogen (secondary N) is 2. The van der Waals surface area contributed by atoms with Crippen LogP contribution >= 0.6 is 0 Å². The van der Waals surface area contributed by atoms with E-state index < -0.39 is 0 Å². The Morgan fingerprint density at radius 1 is 1.15 bits per heavy atom. The second-order valence-corrected chi connectivity index (χ2v) is 6.92. The van der Waals surface area contributed by atoms with E-state index in [4.69, 9.17) is 4.74 Å². The maximum absolute atomic E-state index is 12.4. The highest BCUT2D eigenvalue weighted by Crippen LogP contribution is 2.20. The van der Waals surface area contributed by atoms with Gasteiger partial charge in [-0.1, -0.05) is 12.1 Å². The molecule has 0 aliphatic heterocycles. The van der Waals surface area contributed by atoms with Gasteiger partial charge in [-0.3, -0.25) is 9.59 Å². The zero-order chi connectivity index (χ0) is 20.0. The molecule has 144 valence electrons. The molecule has 0 aliphatic carbocycles. The van der Waals surface area contributed by atoms with Crippen LogP contribution in [0.25, 0.3) is 0 Å². The van der Waals surface area contributed by atoms with E-state index in [9.17, 15) is 9.59 Å². The van der Waals surface area contributed by atoms with Gasteiger partial charge >= 0.3 is 0 Å². The molecule has 0 aromatic heterocycles. The highest BCUT2D eigenvalue weighted by atomic mass is 16.5. The number of Topliss-reactive ketones (excluding diaryl/α,β-unsaturated/α-hetero) is 1. The minimum absolute atomic E-state index is 0.0182. The molecule has 2 rings (SSSR count). The zero-order valence-electron chi connectivity index (χ0n) is 16.8. The molecule has 0 heterocycles. The Kier molecular flexibility index (Phi) is 7.13. The summed E-state index contributed by atoms with van der Waals surface area (Å²) in [6.45, 7) is 8.98. The maximum atomic E-state index is 12.4. The first-order chi connectivity index (χ1) is 12.8. The van der Waals surface area contributed by atoms with Gasteiger partial charge < -0.3 is 15.0 Å². The summed E-state index contributed by atoms with van der Waals surface area (Å²) in [6, 6.07) is 11.4. The number of likely N-dealkylation sites (N-methyl/N-ethyl adjacent to an activating group) is 1. The maximum Gasteiger partial charge on any atom is 0.279 e. The van der Waals surface area contributed by atoms with Gasteiger partial charge in [-0.15, -0.1) is 0 Å². The molecular weight excluding hydrogens is 340 g/mol. The predicted molar refractivity (Wildman–Crippen MR) is 108 cm³/mol. The van der Waals surface area contributed by atoms with Crippen molar-refractivity contribution in [3.8, 4) is 5.75 Å². The van der Waals surface area contributed by atoms with Gasteiger partial charge in [0.1, 0.15) is 12.3 Å². The number of hydrogen-bond donors (Lipinski definition) is 2. The summed E-state index contributed by atoms with van der Waals surface area (Å²) in [5.74, 6) is 0.739. The van der Waals surface area contributed by atoms with Gasteiger partial charge in [0.15, 0.2) is 12.3 Å². The molecule has 0 spiro atoms. The van der Waals surface area contributed by atoms with E-state index in [1.807, 2.05) is 58.2 Å². The molecule has 0 saturated heterocycles. The molecule has 1 amide bonds. The Labute approximate surface area is 161 Å². The number of amides is 1. The van der Waals surface area contributed by atoms with Crippen molar-refractivity contribution < 1.29 is 19.2 Å². The van der Waals surface area contributed by atoms with Crippen LogP contribution in [-0.2, 0) is 11.3 Å². The molecule has 0 radical (unpaired) electrons. The van der Waals surface area contributed by atoms with Crippen molar-refractivity contribution in [1.82, 2.24) is 0 Å². The van der Waals surface area contributed by atoms with Gasteiger partial charge in [-0.25, -0.2) is 0 Å². The fourth-order valence-electron chi connectivity index (χ4n) is 2.98. The molecule has 0 aliphatic rings. The van der Waals surface area contributed by atoms with Crippen LogP contribution in [0.2, 0.25) is 0 Å². The molecular formula is C22H29N2O3+. The Morgan fingerprint density at radius 2 is 1.89 bits per heavy atom. The lowest BCUT2D eigenvalue weighted by Gasteiger charge is -2.17. The van der Waals surface area contributed by atoms with Crippen molar-refractivity contribution in [3.05, 3.63) is 58.7 Å². The van der Waals surface area contributed by atoms with Crippen LogP contribution in [0.15, 0.2) is 36.4 Å². The second kappa shape index (κ2) is 9.33. The molecule has 27 heavy (non-hydrogen) atoms. The summed E-state index contributed by atoms with van der Waals surface area (Å²) >= 11 is 0. The van der Waals surface area contributed by atoms with Gasteiger partial charge in [0.25, 0.3) is 5.91 Å². The molecule has 0 saturated carbocycles. The third kappa shape index (κ3) is 5.66. The van der Waals surface area contributed by atoms with Gasteiger partial charge in [0, 0.05) is 16.8 Å². The minimum Gasteiger partial charge on any atom is -0.493 e. The number of hydrogen-bond acceptors (Lipinski definition) is 3. The molecule has 0 bridgehead atoms. The lowest BCUT2D eigenvalue weighted by molar-refractivity contribution is -0.885. The van der Waals surface area contributed by atoms with E-state index in [-0.39, 0.29) is 11.7 Å². The van der Waals surface area contributed by atoms with Crippen LogP contribution < -0.4 is 15.0 Å². The van der Waals surface area contributed by atoms with E-state index in [2.05, 4.69) is 5.32 Å². The number of benzene rings is 2. The van der Waals surface area contributed by atoms with E-state index in [0.29, 0.717) is 25.3 Å². The molecule has 2 aromatic rings. The Hall–Kier alpha value is -2.66. The van der Waals surface area contributed by atoms with Crippen LogP contribution in [0.4, 0.5) is 5.69 Å². The van der Waals surface area contributed by atoms with Gasteiger partial charge in [0.05, 0.1) is 13.7 Å².